The van der Waals surface area contributed by atoms with Crippen molar-refractivity contribution in [3.05, 3.63) is 70.7 Å². The third kappa shape index (κ3) is 4.21. The first-order valence-corrected chi connectivity index (χ1v) is 8.47. The van der Waals surface area contributed by atoms with Gasteiger partial charge in [-0.15, -0.1) is 0 Å². The molecular weight excluding hydrogens is 332 g/mol. The Morgan fingerprint density at radius 2 is 2.04 bits per heavy atom. The number of aromatic nitrogens is 5. The number of carbonyl (C=O) groups is 1. The molecule has 8 nitrogen and oxygen atoms in total. The van der Waals surface area contributed by atoms with Crippen LogP contribution in [0.25, 0.3) is 0 Å². The summed E-state index contributed by atoms with van der Waals surface area (Å²) >= 11 is 0. The molecule has 0 aliphatic carbocycles. The van der Waals surface area contributed by atoms with E-state index in [4.69, 9.17) is 0 Å². The van der Waals surface area contributed by atoms with Crippen LogP contribution in [0.1, 0.15) is 35.8 Å². The predicted octanol–water partition coefficient (Wildman–Crippen LogP) is 1.94. The minimum atomic E-state index is -0.360. The van der Waals surface area contributed by atoms with E-state index in [2.05, 4.69) is 20.5 Å². The van der Waals surface area contributed by atoms with Crippen molar-refractivity contribution in [1.29, 1.82) is 0 Å². The van der Waals surface area contributed by atoms with Gasteiger partial charge in [-0.3, -0.25) is 9.59 Å². The van der Waals surface area contributed by atoms with Crippen LogP contribution in [0.15, 0.2) is 53.8 Å². The first-order valence-electron chi connectivity index (χ1n) is 8.47. The van der Waals surface area contributed by atoms with Crippen LogP contribution in [0.2, 0.25) is 0 Å². The molecule has 0 unspecified atom stereocenters. The highest BCUT2D eigenvalue weighted by Gasteiger charge is 2.12. The summed E-state index contributed by atoms with van der Waals surface area (Å²) in [6, 6.07) is 10.3. The van der Waals surface area contributed by atoms with Gasteiger partial charge in [0.1, 0.15) is 18.3 Å². The Labute approximate surface area is 150 Å². The summed E-state index contributed by atoms with van der Waals surface area (Å²) in [5.74, 6) is -0.360. The van der Waals surface area contributed by atoms with E-state index in [9.17, 15) is 9.59 Å². The third-order valence-corrected chi connectivity index (χ3v) is 3.89. The second-order valence-electron chi connectivity index (χ2n) is 5.84. The van der Waals surface area contributed by atoms with E-state index in [0.717, 1.165) is 18.4 Å². The largest absolute Gasteiger partial charge is 0.320 e. The van der Waals surface area contributed by atoms with Crippen LogP contribution in [-0.4, -0.2) is 30.5 Å². The van der Waals surface area contributed by atoms with Gasteiger partial charge in [-0.2, -0.15) is 10.2 Å². The van der Waals surface area contributed by atoms with Crippen molar-refractivity contribution in [3.63, 3.8) is 0 Å². The molecule has 1 aromatic carbocycles. The number of unbranched alkanes of at least 4 members (excludes halogenated alkanes) is 1. The van der Waals surface area contributed by atoms with E-state index < -0.39 is 0 Å². The molecule has 134 valence electrons. The monoisotopic (exact) mass is 352 g/mol. The number of hydrogen-bond acceptors (Lipinski definition) is 5. The molecule has 0 atom stereocenters. The molecule has 8 heteroatoms. The fourth-order valence-electron chi connectivity index (χ4n) is 2.49. The zero-order chi connectivity index (χ0) is 18.4. The van der Waals surface area contributed by atoms with E-state index in [-0.39, 0.29) is 17.2 Å². The highest BCUT2D eigenvalue weighted by Crippen LogP contribution is 2.16. The van der Waals surface area contributed by atoms with E-state index in [0.29, 0.717) is 18.8 Å². The highest BCUT2D eigenvalue weighted by atomic mass is 16.2. The minimum absolute atomic E-state index is 0.205. The molecule has 0 fully saturated rings. The molecule has 0 bridgehead atoms. The molecule has 3 rings (SSSR count). The molecule has 26 heavy (non-hydrogen) atoms. The Morgan fingerprint density at radius 1 is 1.19 bits per heavy atom. The zero-order valence-electron chi connectivity index (χ0n) is 14.5. The van der Waals surface area contributed by atoms with Gasteiger partial charge in [0.15, 0.2) is 0 Å². The van der Waals surface area contributed by atoms with Crippen molar-refractivity contribution in [2.45, 2.75) is 32.9 Å². The van der Waals surface area contributed by atoms with Crippen LogP contribution in [-0.2, 0) is 13.1 Å². The van der Waals surface area contributed by atoms with Gasteiger partial charge in [-0.25, -0.2) is 14.3 Å². The van der Waals surface area contributed by atoms with E-state index in [1.807, 2.05) is 31.2 Å². The van der Waals surface area contributed by atoms with E-state index in [1.165, 1.54) is 23.1 Å². The summed E-state index contributed by atoms with van der Waals surface area (Å²) in [6.45, 7) is 3.02. The maximum atomic E-state index is 12.6. The number of anilines is 1. The summed E-state index contributed by atoms with van der Waals surface area (Å²) in [5, 5.41) is 11.1. The van der Waals surface area contributed by atoms with Crippen LogP contribution in [0.3, 0.4) is 0 Å². The topological polar surface area (TPSA) is 94.7 Å². The van der Waals surface area contributed by atoms with Crippen molar-refractivity contribution >= 4 is 11.6 Å². The molecule has 3 aromatic rings. The molecule has 0 saturated heterocycles. The van der Waals surface area contributed by atoms with Crippen LogP contribution in [0.5, 0.6) is 0 Å². The van der Waals surface area contributed by atoms with Crippen molar-refractivity contribution < 1.29 is 4.79 Å². The Balaban J connectivity index is 1.79. The van der Waals surface area contributed by atoms with Gasteiger partial charge in [0.05, 0.1) is 6.54 Å². The van der Waals surface area contributed by atoms with Crippen molar-refractivity contribution in [3.8, 4) is 0 Å². The summed E-state index contributed by atoms with van der Waals surface area (Å²) in [6.07, 6.45) is 4.85. The summed E-state index contributed by atoms with van der Waals surface area (Å²) in [4.78, 5) is 28.3. The molecule has 0 saturated carbocycles. The third-order valence-electron chi connectivity index (χ3n) is 3.89. The Kier molecular flexibility index (Phi) is 5.52. The van der Waals surface area contributed by atoms with Gasteiger partial charge >= 0.3 is 0 Å². The molecule has 2 aromatic heterocycles. The number of nitrogens with one attached hydrogen (secondary N) is 1. The second kappa shape index (κ2) is 8.19. The number of rotatable bonds is 7. The molecule has 2 heterocycles. The van der Waals surface area contributed by atoms with Gasteiger partial charge in [-0.1, -0.05) is 31.5 Å². The molecule has 1 N–H and O–H groups in total. The lowest BCUT2D eigenvalue weighted by Gasteiger charge is -2.11. The van der Waals surface area contributed by atoms with Crippen LogP contribution >= 0.6 is 0 Å². The summed E-state index contributed by atoms with van der Waals surface area (Å²) in [5.41, 5.74) is 1.56. The maximum Gasteiger partial charge on any atom is 0.276 e. The quantitative estimate of drug-likeness (QED) is 0.701. The van der Waals surface area contributed by atoms with Gasteiger partial charge in [0.25, 0.3) is 11.5 Å². The Hall–Kier alpha value is -3.29. The number of para-hydroxylation sites is 1. The average Bonchev–Trinajstić information content (AvgIpc) is 3.15. The SMILES string of the molecule is CCCCn1nc(C(=O)Nc2ccccc2Cn2cncn2)ccc1=O. The van der Waals surface area contributed by atoms with Crippen LogP contribution in [0, 0.1) is 0 Å². The first kappa shape index (κ1) is 17.5. The number of nitrogens with zero attached hydrogens (tertiary/aromatic N) is 5. The number of amides is 1. The van der Waals surface area contributed by atoms with Crippen LogP contribution in [0.4, 0.5) is 5.69 Å². The van der Waals surface area contributed by atoms with Crippen LogP contribution < -0.4 is 10.9 Å². The highest BCUT2D eigenvalue weighted by molar-refractivity contribution is 6.03. The molecule has 0 aliphatic rings. The smallest absolute Gasteiger partial charge is 0.276 e. The Bertz CT molecular complexity index is 933. The van der Waals surface area contributed by atoms with Gasteiger partial charge in [-0.05, 0) is 24.1 Å². The standard InChI is InChI=1S/C18H20N6O2/c1-2-3-10-24-17(25)9-8-16(22-24)18(26)21-15-7-5-4-6-14(15)11-23-13-19-12-20-23/h4-9,12-13H,2-3,10-11H2,1H3,(H,21,26). The van der Waals surface area contributed by atoms with E-state index >= 15 is 0 Å². The maximum absolute atomic E-state index is 12.6. The fraction of sp³-hybridized carbons (Fsp3) is 0.278. The van der Waals surface area contributed by atoms with Crippen molar-refractivity contribution in [2.24, 2.45) is 0 Å². The van der Waals surface area contributed by atoms with Gasteiger partial charge in [0, 0.05) is 18.3 Å². The molecule has 0 radical (unpaired) electrons. The number of aryl methyl sites for hydroxylation is 1. The second-order valence-corrected chi connectivity index (χ2v) is 5.84. The lowest BCUT2D eigenvalue weighted by atomic mass is 10.1. The number of hydrogen-bond donors (Lipinski definition) is 1. The lowest BCUT2D eigenvalue weighted by Crippen LogP contribution is -2.26. The van der Waals surface area contributed by atoms with Gasteiger partial charge in [0.2, 0.25) is 0 Å². The summed E-state index contributed by atoms with van der Waals surface area (Å²) in [7, 11) is 0. The normalized spacial score (nSPS) is 10.7. The number of benzene rings is 1. The molecular formula is C18H20N6O2. The lowest BCUT2D eigenvalue weighted by molar-refractivity contribution is 0.101. The predicted molar refractivity (Wildman–Crippen MR) is 96.9 cm³/mol. The number of carbonyl (C=O) groups excluding carboxylic acids is 1. The molecule has 0 spiro atoms. The summed E-state index contributed by atoms with van der Waals surface area (Å²) < 4.78 is 3.01. The first-order chi connectivity index (χ1) is 12.7. The minimum Gasteiger partial charge on any atom is -0.320 e. The molecule has 1 amide bonds. The fourth-order valence-corrected chi connectivity index (χ4v) is 2.49. The average molecular weight is 352 g/mol. The zero-order valence-corrected chi connectivity index (χ0v) is 14.5. The van der Waals surface area contributed by atoms with Crippen molar-refractivity contribution in [1.82, 2.24) is 24.5 Å². The van der Waals surface area contributed by atoms with Gasteiger partial charge < -0.3 is 5.32 Å². The van der Waals surface area contributed by atoms with E-state index in [1.54, 1.807) is 11.0 Å². The molecule has 0 aliphatic heterocycles. The Morgan fingerprint density at radius 3 is 2.81 bits per heavy atom. The van der Waals surface area contributed by atoms with Crippen molar-refractivity contribution in [2.75, 3.05) is 5.32 Å².